The fourth-order valence-corrected chi connectivity index (χ4v) is 0.846. The Morgan fingerprint density at radius 2 is 2.17 bits per heavy atom. The standard InChI is InChI=1S/C8H8NO3/c9-8(12)7(11)5-2-1-3-6(10)4-5/h1-4,7,9-11H. The molecule has 0 aliphatic heterocycles. The van der Waals surface area contributed by atoms with Crippen molar-refractivity contribution in [3.8, 4) is 5.75 Å². The van der Waals surface area contributed by atoms with Gasteiger partial charge in [-0.2, -0.15) is 0 Å². The Bertz CT molecular complexity index is 298. The molecule has 1 aromatic carbocycles. The zero-order valence-electron chi connectivity index (χ0n) is 6.19. The minimum absolute atomic E-state index is 0.0344. The third kappa shape index (κ3) is 1.73. The number of amides is 1. The molecule has 1 amide bonds. The Labute approximate surface area is 69.3 Å². The number of carbonyl (C=O) groups is 1. The van der Waals surface area contributed by atoms with E-state index >= 15 is 0 Å². The van der Waals surface area contributed by atoms with Crippen LogP contribution in [0.15, 0.2) is 24.3 Å². The average Bonchev–Trinajstić information content (AvgIpc) is 2.03. The number of aliphatic hydroxyl groups is 1. The average molecular weight is 166 g/mol. The number of carbonyl (C=O) groups excluding carboxylic acids is 1. The van der Waals surface area contributed by atoms with Gasteiger partial charge in [0.25, 0.3) is 5.91 Å². The SMILES string of the molecule is [NH]C(=O)C(O)c1cccc(O)c1. The van der Waals surface area contributed by atoms with Gasteiger partial charge in [-0.15, -0.1) is 0 Å². The van der Waals surface area contributed by atoms with E-state index in [0.29, 0.717) is 0 Å². The minimum atomic E-state index is -1.46. The molecule has 0 fully saturated rings. The van der Waals surface area contributed by atoms with E-state index in [2.05, 4.69) is 0 Å². The topological polar surface area (TPSA) is 81.3 Å². The van der Waals surface area contributed by atoms with Crippen molar-refractivity contribution < 1.29 is 15.0 Å². The third-order valence-electron chi connectivity index (χ3n) is 1.43. The Morgan fingerprint density at radius 1 is 1.50 bits per heavy atom. The molecule has 0 bridgehead atoms. The Balaban J connectivity index is 2.95. The number of benzene rings is 1. The number of hydrogen-bond acceptors (Lipinski definition) is 3. The van der Waals surface area contributed by atoms with Gasteiger partial charge in [-0.25, -0.2) is 0 Å². The summed E-state index contributed by atoms with van der Waals surface area (Å²) in [4.78, 5) is 10.4. The monoisotopic (exact) mass is 166 g/mol. The number of aromatic hydroxyl groups is 1. The molecule has 1 rings (SSSR count). The highest BCUT2D eigenvalue weighted by molar-refractivity contribution is 5.79. The summed E-state index contributed by atoms with van der Waals surface area (Å²) in [6, 6.07) is 5.63. The van der Waals surface area contributed by atoms with E-state index in [0.717, 1.165) is 0 Å². The lowest BCUT2D eigenvalue weighted by Crippen LogP contribution is -2.11. The zero-order chi connectivity index (χ0) is 9.14. The van der Waals surface area contributed by atoms with E-state index in [-0.39, 0.29) is 11.3 Å². The first kappa shape index (κ1) is 8.55. The molecule has 12 heavy (non-hydrogen) atoms. The fraction of sp³-hybridized carbons (Fsp3) is 0.125. The normalized spacial score (nSPS) is 12.4. The van der Waals surface area contributed by atoms with Crippen molar-refractivity contribution in [3.63, 3.8) is 0 Å². The summed E-state index contributed by atoms with van der Waals surface area (Å²) < 4.78 is 0. The first-order valence-electron chi connectivity index (χ1n) is 3.33. The van der Waals surface area contributed by atoms with Crippen LogP contribution in [0.25, 0.3) is 0 Å². The van der Waals surface area contributed by atoms with E-state index in [4.69, 9.17) is 15.9 Å². The second kappa shape index (κ2) is 3.23. The van der Waals surface area contributed by atoms with E-state index in [1.54, 1.807) is 0 Å². The summed E-state index contributed by atoms with van der Waals surface area (Å²) in [5.41, 5.74) is 6.85. The maximum Gasteiger partial charge on any atom is 0.271 e. The number of aliphatic hydroxyl groups excluding tert-OH is 1. The number of phenols is 1. The van der Waals surface area contributed by atoms with Crippen molar-refractivity contribution in [1.29, 1.82) is 0 Å². The van der Waals surface area contributed by atoms with E-state index in [1.807, 2.05) is 0 Å². The predicted molar refractivity (Wildman–Crippen MR) is 41.2 cm³/mol. The van der Waals surface area contributed by atoms with Gasteiger partial charge in [0, 0.05) is 0 Å². The summed E-state index contributed by atoms with van der Waals surface area (Å²) in [6.07, 6.45) is -1.46. The van der Waals surface area contributed by atoms with Crippen molar-refractivity contribution in [2.75, 3.05) is 0 Å². The minimum Gasteiger partial charge on any atom is -0.508 e. The lowest BCUT2D eigenvalue weighted by Gasteiger charge is -2.05. The molecule has 0 aliphatic rings. The largest absolute Gasteiger partial charge is 0.508 e. The van der Waals surface area contributed by atoms with Crippen LogP contribution in [0, 0.1) is 0 Å². The third-order valence-corrected chi connectivity index (χ3v) is 1.43. The van der Waals surface area contributed by atoms with Crippen LogP contribution < -0.4 is 5.73 Å². The van der Waals surface area contributed by atoms with Gasteiger partial charge in [-0.1, -0.05) is 12.1 Å². The van der Waals surface area contributed by atoms with Crippen LogP contribution >= 0.6 is 0 Å². The van der Waals surface area contributed by atoms with Crippen molar-refractivity contribution >= 4 is 5.91 Å². The van der Waals surface area contributed by atoms with Crippen LogP contribution in [0.2, 0.25) is 0 Å². The van der Waals surface area contributed by atoms with Crippen LogP contribution in [0.3, 0.4) is 0 Å². The van der Waals surface area contributed by atoms with Crippen LogP contribution in [-0.4, -0.2) is 16.1 Å². The molecule has 0 saturated heterocycles. The van der Waals surface area contributed by atoms with Crippen molar-refractivity contribution in [2.24, 2.45) is 0 Å². The summed E-state index contributed by atoms with van der Waals surface area (Å²) in [6.45, 7) is 0. The molecule has 0 aromatic heterocycles. The molecule has 0 aliphatic carbocycles. The van der Waals surface area contributed by atoms with Crippen molar-refractivity contribution in [1.82, 2.24) is 5.73 Å². The predicted octanol–water partition coefficient (Wildman–Crippen LogP) is 0.235. The molecule has 1 aromatic rings. The molecule has 1 radical (unpaired) electrons. The molecule has 0 heterocycles. The summed E-state index contributed by atoms with van der Waals surface area (Å²) in [7, 11) is 0. The highest BCUT2D eigenvalue weighted by Gasteiger charge is 2.13. The van der Waals surface area contributed by atoms with Gasteiger partial charge in [0.05, 0.1) is 0 Å². The summed E-state index contributed by atoms with van der Waals surface area (Å²) in [5.74, 6) is -1.12. The number of phenolic OH excluding ortho intramolecular Hbond substituents is 1. The van der Waals surface area contributed by atoms with Crippen molar-refractivity contribution in [2.45, 2.75) is 6.10 Å². The summed E-state index contributed by atoms with van der Waals surface area (Å²) in [5, 5.41) is 18.0. The first-order valence-corrected chi connectivity index (χ1v) is 3.33. The highest BCUT2D eigenvalue weighted by atomic mass is 16.3. The molecule has 0 saturated carbocycles. The zero-order valence-corrected chi connectivity index (χ0v) is 6.19. The number of rotatable bonds is 2. The molecule has 4 heteroatoms. The molecule has 63 valence electrons. The smallest absolute Gasteiger partial charge is 0.271 e. The van der Waals surface area contributed by atoms with Gasteiger partial charge in [-0.3, -0.25) is 10.5 Å². The van der Waals surface area contributed by atoms with Gasteiger partial charge in [0.2, 0.25) is 0 Å². The molecule has 1 unspecified atom stereocenters. The number of nitrogens with one attached hydrogen (secondary N) is 1. The first-order chi connectivity index (χ1) is 5.61. The fourth-order valence-electron chi connectivity index (χ4n) is 0.846. The maximum absolute atomic E-state index is 10.4. The van der Waals surface area contributed by atoms with Gasteiger partial charge >= 0.3 is 0 Å². The maximum atomic E-state index is 10.4. The van der Waals surface area contributed by atoms with Crippen molar-refractivity contribution in [3.05, 3.63) is 29.8 Å². The van der Waals surface area contributed by atoms with Gasteiger partial charge in [0.1, 0.15) is 5.75 Å². The Morgan fingerprint density at radius 3 is 2.67 bits per heavy atom. The van der Waals surface area contributed by atoms with Crippen LogP contribution in [-0.2, 0) is 4.79 Å². The van der Waals surface area contributed by atoms with Crippen LogP contribution in [0.4, 0.5) is 0 Å². The Hall–Kier alpha value is -1.55. The molecule has 3 N–H and O–H groups in total. The second-order valence-electron chi connectivity index (χ2n) is 2.36. The Kier molecular flexibility index (Phi) is 2.30. The van der Waals surface area contributed by atoms with Gasteiger partial charge in [-0.05, 0) is 17.7 Å². The lowest BCUT2D eigenvalue weighted by atomic mass is 10.1. The van der Waals surface area contributed by atoms with Gasteiger partial charge in [0.15, 0.2) is 6.10 Å². The quantitative estimate of drug-likeness (QED) is 0.660. The number of hydrogen-bond donors (Lipinski definition) is 2. The summed E-state index contributed by atoms with van der Waals surface area (Å²) >= 11 is 0. The molecule has 4 nitrogen and oxygen atoms in total. The lowest BCUT2D eigenvalue weighted by molar-refractivity contribution is -0.126. The molecular formula is C8H8NO3. The van der Waals surface area contributed by atoms with Crippen LogP contribution in [0.5, 0.6) is 5.75 Å². The molecule has 0 spiro atoms. The van der Waals surface area contributed by atoms with E-state index in [9.17, 15) is 4.79 Å². The molecular weight excluding hydrogens is 158 g/mol. The van der Waals surface area contributed by atoms with E-state index < -0.39 is 12.0 Å². The molecule has 1 atom stereocenters. The van der Waals surface area contributed by atoms with Gasteiger partial charge < -0.3 is 10.2 Å². The second-order valence-corrected chi connectivity index (χ2v) is 2.36. The van der Waals surface area contributed by atoms with E-state index in [1.165, 1.54) is 24.3 Å². The van der Waals surface area contributed by atoms with Crippen LogP contribution in [0.1, 0.15) is 11.7 Å². The highest BCUT2D eigenvalue weighted by Crippen LogP contribution is 2.17.